The maximum absolute atomic E-state index is 10.5. The Labute approximate surface area is 58.4 Å². The lowest BCUT2D eigenvalue weighted by Crippen LogP contribution is -2.14. The Kier molecular flexibility index (Phi) is 3.63. The predicted molar refractivity (Wildman–Crippen MR) is 36.7 cm³/mol. The van der Waals surface area contributed by atoms with Crippen LogP contribution in [0.4, 0.5) is 0 Å². The number of carbonyl (C=O) groups is 2. The molecule has 0 aromatic carbocycles. The van der Waals surface area contributed by atoms with Crippen molar-refractivity contribution in [3.8, 4) is 0 Å². The summed E-state index contributed by atoms with van der Waals surface area (Å²) in [5.74, 6) is -1.08. The molecule has 3 N–H and O–H groups in total. The van der Waals surface area contributed by atoms with E-state index in [2.05, 4.69) is 11.9 Å². The van der Waals surface area contributed by atoms with Crippen LogP contribution in [0.2, 0.25) is 0 Å². The predicted octanol–water partition coefficient (Wildman–Crippen LogP) is -0.712. The van der Waals surface area contributed by atoms with Gasteiger partial charge in [0, 0.05) is 12.2 Å². The number of carbonyl (C=O) groups excluding carboxylic acids is 2. The van der Waals surface area contributed by atoms with Crippen LogP contribution in [0.5, 0.6) is 0 Å². The molecule has 0 aromatic heterocycles. The van der Waals surface area contributed by atoms with E-state index < -0.39 is 11.8 Å². The lowest BCUT2D eigenvalue weighted by Gasteiger charge is -1.87. The molecule has 0 atom stereocenters. The van der Waals surface area contributed by atoms with Gasteiger partial charge in [-0.1, -0.05) is 6.58 Å². The smallest absolute Gasteiger partial charge is 0.248 e. The topological polar surface area (TPSA) is 72.2 Å². The highest BCUT2D eigenvalue weighted by atomic mass is 16.2. The van der Waals surface area contributed by atoms with E-state index in [1.165, 1.54) is 6.20 Å². The minimum atomic E-state index is -0.654. The van der Waals surface area contributed by atoms with Gasteiger partial charge in [-0.2, -0.15) is 0 Å². The van der Waals surface area contributed by atoms with Gasteiger partial charge in [0.15, 0.2) is 0 Å². The minimum Gasteiger partial charge on any atom is -0.366 e. The Balaban J connectivity index is 3.77. The summed E-state index contributed by atoms with van der Waals surface area (Å²) >= 11 is 0. The zero-order valence-corrected chi connectivity index (χ0v) is 5.33. The molecule has 0 saturated carbocycles. The van der Waals surface area contributed by atoms with Crippen LogP contribution < -0.4 is 11.1 Å². The lowest BCUT2D eigenvalue weighted by atomic mass is 10.4. The van der Waals surface area contributed by atoms with Crippen molar-refractivity contribution in [3.63, 3.8) is 0 Å². The Morgan fingerprint density at radius 1 is 1.40 bits per heavy atom. The summed E-state index contributed by atoms with van der Waals surface area (Å²) in [6, 6.07) is 0. The van der Waals surface area contributed by atoms with Crippen molar-refractivity contribution in [2.75, 3.05) is 0 Å². The van der Waals surface area contributed by atoms with Crippen LogP contribution in [-0.2, 0) is 9.59 Å². The molecule has 0 aliphatic rings. The fourth-order valence-corrected chi connectivity index (χ4v) is 0.307. The van der Waals surface area contributed by atoms with Gasteiger partial charge in [0.25, 0.3) is 0 Å². The average molecular weight is 140 g/mol. The second-order valence-corrected chi connectivity index (χ2v) is 1.45. The SMILES string of the molecule is C=CNC(=O)C=CC(N)=O. The van der Waals surface area contributed by atoms with E-state index in [0.717, 1.165) is 12.2 Å². The van der Waals surface area contributed by atoms with Gasteiger partial charge in [0.05, 0.1) is 0 Å². The van der Waals surface area contributed by atoms with Crippen LogP contribution in [-0.4, -0.2) is 11.8 Å². The van der Waals surface area contributed by atoms with Crippen LogP contribution in [0.15, 0.2) is 24.9 Å². The summed E-state index contributed by atoms with van der Waals surface area (Å²) in [6.07, 6.45) is 3.22. The van der Waals surface area contributed by atoms with E-state index in [0.29, 0.717) is 0 Å². The third kappa shape index (κ3) is 4.58. The molecule has 0 heterocycles. The fourth-order valence-electron chi connectivity index (χ4n) is 0.307. The summed E-state index contributed by atoms with van der Waals surface area (Å²) < 4.78 is 0. The molecule has 0 aromatic rings. The number of hydrogen-bond acceptors (Lipinski definition) is 2. The van der Waals surface area contributed by atoms with E-state index in [1.54, 1.807) is 0 Å². The number of hydrogen-bond donors (Lipinski definition) is 2. The molecule has 4 heteroatoms. The molecule has 0 fully saturated rings. The number of nitrogens with two attached hydrogens (primary N) is 1. The van der Waals surface area contributed by atoms with Crippen molar-refractivity contribution in [1.82, 2.24) is 5.32 Å². The molecule has 0 rings (SSSR count). The fraction of sp³-hybridized carbons (Fsp3) is 0. The third-order valence-electron chi connectivity index (χ3n) is 0.643. The van der Waals surface area contributed by atoms with Crippen molar-refractivity contribution in [2.24, 2.45) is 5.73 Å². The minimum absolute atomic E-state index is 0.422. The van der Waals surface area contributed by atoms with Crippen LogP contribution in [0, 0.1) is 0 Å². The highest BCUT2D eigenvalue weighted by molar-refractivity contribution is 5.96. The first-order chi connectivity index (χ1) is 4.66. The summed E-state index contributed by atoms with van der Waals surface area (Å²) in [5.41, 5.74) is 4.71. The molecule has 0 radical (unpaired) electrons. The van der Waals surface area contributed by atoms with Gasteiger partial charge in [-0.25, -0.2) is 0 Å². The average Bonchev–Trinajstić information content (AvgIpc) is 1.85. The largest absolute Gasteiger partial charge is 0.366 e. The first kappa shape index (κ1) is 8.42. The van der Waals surface area contributed by atoms with E-state index in [1.807, 2.05) is 0 Å². The molecule has 10 heavy (non-hydrogen) atoms. The first-order valence-corrected chi connectivity index (χ1v) is 2.55. The zero-order valence-electron chi connectivity index (χ0n) is 5.33. The molecule has 0 aliphatic carbocycles. The van der Waals surface area contributed by atoms with Crippen molar-refractivity contribution in [1.29, 1.82) is 0 Å². The van der Waals surface area contributed by atoms with E-state index in [9.17, 15) is 9.59 Å². The van der Waals surface area contributed by atoms with E-state index in [4.69, 9.17) is 5.73 Å². The number of nitrogens with one attached hydrogen (secondary N) is 1. The van der Waals surface area contributed by atoms with Crippen molar-refractivity contribution < 1.29 is 9.59 Å². The van der Waals surface area contributed by atoms with E-state index >= 15 is 0 Å². The monoisotopic (exact) mass is 140 g/mol. The van der Waals surface area contributed by atoms with Gasteiger partial charge in [-0.05, 0) is 6.20 Å². The summed E-state index contributed by atoms with van der Waals surface area (Å²) in [6.45, 7) is 3.25. The summed E-state index contributed by atoms with van der Waals surface area (Å²) in [4.78, 5) is 20.5. The molecule has 54 valence electrons. The third-order valence-corrected chi connectivity index (χ3v) is 0.643. The van der Waals surface area contributed by atoms with Crippen LogP contribution in [0.1, 0.15) is 0 Å². The van der Waals surface area contributed by atoms with Gasteiger partial charge >= 0.3 is 0 Å². The maximum atomic E-state index is 10.5. The molecule has 4 nitrogen and oxygen atoms in total. The normalized spacial score (nSPS) is 9.20. The molecular formula is C6H8N2O2. The van der Waals surface area contributed by atoms with Gasteiger partial charge in [0.1, 0.15) is 0 Å². The number of amides is 2. The highest BCUT2D eigenvalue weighted by Gasteiger charge is 1.89. The Bertz CT molecular complexity index is 184. The quantitative estimate of drug-likeness (QED) is 0.508. The second-order valence-electron chi connectivity index (χ2n) is 1.45. The maximum Gasteiger partial charge on any atom is 0.248 e. The Morgan fingerprint density at radius 2 is 2.00 bits per heavy atom. The molecule has 0 saturated heterocycles. The van der Waals surface area contributed by atoms with Crippen molar-refractivity contribution in [2.45, 2.75) is 0 Å². The molecule has 0 unspecified atom stereocenters. The van der Waals surface area contributed by atoms with Gasteiger partial charge in [0.2, 0.25) is 11.8 Å². The Morgan fingerprint density at radius 3 is 2.40 bits per heavy atom. The molecule has 0 spiro atoms. The van der Waals surface area contributed by atoms with Crippen LogP contribution in [0.3, 0.4) is 0 Å². The van der Waals surface area contributed by atoms with Crippen LogP contribution in [0.25, 0.3) is 0 Å². The highest BCUT2D eigenvalue weighted by Crippen LogP contribution is 1.71. The lowest BCUT2D eigenvalue weighted by molar-refractivity contribution is -0.117. The number of rotatable bonds is 3. The van der Waals surface area contributed by atoms with Crippen molar-refractivity contribution >= 4 is 11.8 Å². The summed E-state index contributed by atoms with van der Waals surface area (Å²) in [7, 11) is 0. The molecule has 2 amide bonds. The molecule has 0 aliphatic heterocycles. The second kappa shape index (κ2) is 4.31. The van der Waals surface area contributed by atoms with Gasteiger partial charge < -0.3 is 11.1 Å². The van der Waals surface area contributed by atoms with Gasteiger partial charge in [-0.3, -0.25) is 9.59 Å². The molecule has 0 bridgehead atoms. The van der Waals surface area contributed by atoms with Gasteiger partial charge in [-0.15, -0.1) is 0 Å². The van der Waals surface area contributed by atoms with Crippen LogP contribution >= 0.6 is 0 Å². The Hall–Kier alpha value is -1.58. The zero-order chi connectivity index (χ0) is 7.98. The first-order valence-electron chi connectivity index (χ1n) is 2.55. The summed E-state index contributed by atoms with van der Waals surface area (Å²) in [5, 5.41) is 2.23. The van der Waals surface area contributed by atoms with Crippen molar-refractivity contribution in [3.05, 3.63) is 24.9 Å². The van der Waals surface area contributed by atoms with E-state index in [-0.39, 0.29) is 0 Å². The number of primary amides is 1. The standard InChI is InChI=1S/C6H8N2O2/c1-2-8-6(10)4-3-5(7)9/h2-4H,1H2,(H2,7,9)(H,8,10). The molecular weight excluding hydrogens is 132 g/mol.